The second-order valence-corrected chi connectivity index (χ2v) is 12.3. The lowest BCUT2D eigenvalue weighted by Crippen LogP contribution is -2.45. The van der Waals surface area contributed by atoms with Crippen molar-refractivity contribution in [2.75, 3.05) is 14.2 Å². The molecule has 0 unspecified atom stereocenters. The van der Waals surface area contributed by atoms with Crippen LogP contribution < -0.4 is 9.47 Å². The minimum atomic E-state index is -0.284. The third-order valence-corrected chi connectivity index (χ3v) is 8.94. The maximum Gasteiger partial charge on any atom is 0.131 e. The van der Waals surface area contributed by atoms with E-state index < -0.39 is 0 Å². The van der Waals surface area contributed by atoms with Gasteiger partial charge in [-0.25, -0.2) is 4.39 Å². The Labute approximate surface area is 227 Å². The highest BCUT2D eigenvalue weighted by molar-refractivity contribution is 5.70. The van der Waals surface area contributed by atoms with Crippen LogP contribution >= 0.6 is 0 Å². The monoisotopic (exact) mass is 516 g/mol. The Kier molecular flexibility index (Phi) is 7.30. The van der Waals surface area contributed by atoms with Crippen LogP contribution in [0.5, 0.6) is 11.5 Å². The van der Waals surface area contributed by atoms with Gasteiger partial charge in [0.15, 0.2) is 0 Å². The summed E-state index contributed by atoms with van der Waals surface area (Å²) in [5, 5.41) is 0. The molecule has 3 aromatic carbocycles. The molecular formula is C34H41FO3. The average molecular weight is 517 g/mol. The first kappa shape index (κ1) is 26.7. The zero-order chi connectivity index (χ0) is 27.1. The van der Waals surface area contributed by atoms with Crippen molar-refractivity contribution in [3.8, 4) is 22.6 Å². The smallest absolute Gasteiger partial charge is 0.131 e. The Morgan fingerprint density at radius 2 is 1.74 bits per heavy atom. The van der Waals surface area contributed by atoms with E-state index in [9.17, 15) is 0 Å². The van der Waals surface area contributed by atoms with E-state index >= 15 is 4.39 Å². The number of ether oxygens (including phenoxy) is 3. The zero-order valence-corrected chi connectivity index (χ0v) is 23.7. The Balaban J connectivity index is 1.47. The second kappa shape index (κ2) is 10.4. The summed E-state index contributed by atoms with van der Waals surface area (Å²) in [6, 6.07) is 17.7. The van der Waals surface area contributed by atoms with Crippen LogP contribution in [0.2, 0.25) is 0 Å². The number of rotatable bonds is 7. The molecule has 2 aliphatic carbocycles. The van der Waals surface area contributed by atoms with E-state index in [0.29, 0.717) is 23.3 Å². The van der Waals surface area contributed by atoms with Gasteiger partial charge >= 0.3 is 0 Å². The van der Waals surface area contributed by atoms with Gasteiger partial charge in [-0.1, -0.05) is 45.9 Å². The van der Waals surface area contributed by atoms with Gasteiger partial charge in [0.05, 0.1) is 13.2 Å². The number of methoxy groups -OCH3 is 2. The molecule has 3 nitrogen and oxygen atoms in total. The molecule has 1 fully saturated rings. The molecule has 0 amide bonds. The Morgan fingerprint density at radius 1 is 0.947 bits per heavy atom. The highest BCUT2D eigenvalue weighted by Crippen LogP contribution is 2.55. The van der Waals surface area contributed by atoms with Gasteiger partial charge in [0, 0.05) is 12.7 Å². The zero-order valence-electron chi connectivity index (χ0n) is 23.7. The van der Waals surface area contributed by atoms with Crippen molar-refractivity contribution in [3.05, 3.63) is 82.7 Å². The molecule has 0 saturated heterocycles. The van der Waals surface area contributed by atoms with Crippen molar-refractivity contribution in [1.29, 1.82) is 0 Å². The molecule has 0 aliphatic heterocycles. The molecule has 0 bridgehead atoms. The first-order valence-corrected chi connectivity index (χ1v) is 13.9. The van der Waals surface area contributed by atoms with E-state index in [-0.39, 0.29) is 17.3 Å². The van der Waals surface area contributed by atoms with Crippen molar-refractivity contribution in [2.45, 2.75) is 77.9 Å². The van der Waals surface area contributed by atoms with Crippen LogP contribution in [0.4, 0.5) is 4.39 Å². The summed E-state index contributed by atoms with van der Waals surface area (Å²) >= 11 is 0. The molecule has 0 radical (unpaired) electrons. The fraction of sp³-hybridized carbons (Fsp3) is 0.471. The Hall–Kier alpha value is -2.85. The van der Waals surface area contributed by atoms with Crippen molar-refractivity contribution in [1.82, 2.24) is 0 Å². The van der Waals surface area contributed by atoms with Crippen LogP contribution in [0, 0.1) is 17.2 Å². The molecule has 3 atom stereocenters. The summed E-state index contributed by atoms with van der Waals surface area (Å²) < 4.78 is 32.8. The minimum absolute atomic E-state index is 0.190. The van der Waals surface area contributed by atoms with E-state index in [1.807, 2.05) is 12.1 Å². The van der Waals surface area contributed by atoms with Gasteiger partial charge in [0.2, 0.25) is 0 Å². The molecule has 0 N–H and O–H groups in total. The summed E-state index contributed by atoms with van der Waals surface area (Å²) in [5.41, 5.74) is 6.45. The number of fused-ring (bicyclic) bond motifs is 2. The third kappa shape index (κ3) is 4.84. The lowest BCUT2D eigenvalue weighted by molar-refractivity contribution is 0.0155. The summed E-state index contributed by atoms with van der Waals surface area (Å²) in [6.07, 6.45) is 6.13. The van der Waals surface area contributed by atoms with E-state index in [1.165, 1.54) is 49.3 Å². The first-order valence-electron chi connectivity index (χ1n) is 13.9. The van der Waals surface area contributed by atoms with Gasteiger partial charge in [-0.2, -0.15) is 0 Å². The topological polar surface area (TPSA) is 27.7 Å². The van der Waals surface area contributed by atoms with E-state index in [2.05, 4.69) is 52.0 Å². The van der Waals surface area contributed by atoms with Gasteiger partial charge < -0.3 is 14.2 Å². The average Bonchev–Trinajstić information content (AvgIpc) is 2.90. The third-order valence-electron chi connectivity index (χ3n) is 8.94. The summed E-state index contributed by atoms with van der Waals surface area (Å²) in [5.74, 6) is 2.00. The van der Waals surface area contributed by atoms with Crippen molar-refractivity contribution >= 4 is 0 Å². The van der Waals surface area contributed by atoms with Crippen LogP contribution in [0.15, 0.2) is 54.6 Å². The highest BCUT2D eigenvalue weighted by atomic mass is 19.1. The number of hydrogen-bond donors (Lipinski definition) is 0. The molecule has 1 saturated carbocycles. The lowest BCUT2D eigenvalue weighted by atomic mass is 9.52. The number of aryl methyl sites for hydroxylation is 1. The van der Waals surface area contributed by atoms with Gasteiger partial charge in [0.25, 0.3) is 0 Å². The standard InChI is InChI=1S/C34H41FO3/c1-22-15-17-34(22)16-7-8-24-10-11-26(20-30(24)34)38-21-23-9-13-27(28-19-25(36-5)12-14-31(28)35)29(18-23)32(37-6)33(2,3)4/h9-14,18-20,22,32H,7-8,15-17,21H2,1-6H3/t22-,32+,34-/m0/s1. The van der Waals surface area contributed by atoms with Crippen molar-refractivity contribution in [3.63, 3.8) is 0 Å². The van der Waals surface area contributed by atoms with Crippen LogP contribution in [0.3, 0.4) is 0 Å². The predicted molar refractivity (Wildman–Crippen MR) is 151 cm³/mol. The highest BCUT2D eigenvalue weighted by Gasteiger charge is 2.47. The molecule has 0 aromatic heterocycles. The summed E-state index contributed by atoms with van der Waals surface area (Å²) in [4.78, 5) is 0. The molecule has 5 rings (SSSR count). The summed E-state index contributed by atoms with van der Waals surface area (Å²) in [6.45, 7) is 9.26. The Morgan fingerprint density at radius 3 is 2.39 bits per heavy atom. The second-order valence-electron chi connectivity index (χ2n) is 12.3. The van der Waals surface area contributed by atoms with Gasteiger partial charge in [-0.05, 0) is 113 Å². The van der Waals surface area contributed by atoms with Crippen molar-refractivity contribution in [2.24, 2.45) is 11.3 Å². The molecule has 3 aromatic rings. The number of halogens is 1. The molecule has 1 spiro atoms. The maximum atomic E-state index is 15.0. The van der Waals surface area contributed by atoms with Gasteiger partial charge in [0.1, 0.15) is 23.9 Å². The SMILES string of the molecule is COc1ccc(F)c(-c2ccc(COc3ccc4c(c3)[C@@]3(CCC4)CC[C@@H]3C)cc2[C@@H](OC)C(C)(C)C)c1. The molecule has 4 heteroatoms. The largest absolute Gasteiger partial charge is 0.497 e. The minimum Gasteiger partial charge on any atom is -0.497 e. The van der Waals surface area contributed by atoms with Crippen LogP contribution in [0.1, 0.15) is 81.7 Å². The quantitative estimate of drug-likeness (QED) is 0.314. The van der Waals surface area contributed by atoms with Gasteiger partial charge in [-0.3, -0.25) is 0 Å². The molecule has 2 aliphatic rings. The molecule has 202 valence electrons. The fourth-order valence-corrected chi connectivity index (χ4v) is 6.72. The van der Waals surface area contributed by atoms with E-state index in [0.717, 1.165) is 28.4 Å². The molecule has 0 heterocycles. The van der Waals surface area contributed by atoms with Crippen LogP contribution in [-0.4, -0.2) is 14.2 Å². The van der Waals surface area contributed by atoms with Crippen LogP contribution in [0.25, 0.3) is 11.1 Å². The number of hydrogen-bond acceptors (Lipinski definition) is 3. The summed E-state index contributed by atoms with van der Waals surface area (Å²) in [7, 11) is 3.31. The number of benzene rings is 3. The fourth-order valence-electron chi connectivity index (χ4n) is 6.72. The lowest BCUT2D eigenvalue weighted by Gasteiger charge is -2.52. The maximum absolute atomic E-state index is 15.0. The van der Waals surface area contributed by atoms with Gasteiger partial charge in [-0.15, -0.1) is 0 Å². The Bertz CT molecular complexity index is 1310. The normalized spacial score (nSPS) is 21.5. The van der Waals surface area contributed by atoms with E-state index in [1.54, 1.807) is 26.4 Å². The van der Waals surface area contributed by atoms with E-state index in [4.69, 9.17) is 14.2 Å². The molecule has 38 heavy (non-hydrogen) atoms. The van der Waals surface area contributed by atoms with Crippen molar-refractivity contribution < 1.29 is 18.6 Å². The first-order chi connectivity index (χ1) is 18.2. The van der Waals surface area contributed by atoms with Crippen LogP contribution in [-0.2, 0) is 23.2 Å². The predicted octanol–water partition coefficient (Wildman–Crippen LogP) is 8.82. The molecular weight excluding hydrogens is 475 g/mol.